The molecule has 1 aliphatic heterocycles. The molecule has 5 heteroatoms. The molecular weight excluding hydrogens is 324 g/mol. The van der Waals surface area contributed by atoms with Gasteiger partial charge in [-0.15, -0.1) is 0 Å². The second kappa shape index (κ2) is 9.02. The number of carbonyl (C=O) groups is 1. The highest BCUT2D eigenvalue weighted by molar-refractivity contribution is 5.89. The van der Waals surface area contributed by atoms with Crippen LogP contribution in [0.3, 0.4) is 0 Å². The molecule has 134 valence electrons. The molecule has 3 N–H and O–H groups in total. The number of urea groups is 1. The first-order valence-electron chi connectivity index (χ1n) is 9.05. The Bertz CT molecular complexity index is 769. The molecule has 0 aliphatic carbocycles. The monoisotopic (exact) mass is 348 g/mol. The van der Waals surface area contributed by atoms with Crippen molar-refractivity contribution >= 4 is 11.7 Å². The molecule has 0 bridgehead atoms. The number of rotatable bonds is 5. The summed E-state index contributed by atoms with van der Waals surface area (Å²) in [6.45, 7) is 1.57. The third-order valence-electron chi connectivity index (χ3n) is 4.73. The van der Waals surface area contributed by atoms with Crippen molar-refractivity contribution in [1.82, 2.24) is 10.6 Å². The lowest BCUT2D eigenvalue weighted by Crippen LogP contribution is -2.47. The van der Waals surface area contributed by atoms with Gasteiger partial charge >= 0.3 is 6.03 Å². The molecule has 2 amide bonds. The van der Waals surface area contributed by atoms with Gasteiger partial charge in [-0.1, -0.05) is 36.4 Å². The SMILES string of the molecule is N#Cc1cccc(NC(=O)NC[C@H]2C[C@@H](Cc3ccccc3)CCN2)c1. The van der Waals surface area contributed by atoms with E-state index in [4.69, 9.17) is 5.26 Å². The van der Waals surface area contributed by atoms with Crippen molar-refractivity contribution < 1.29 is 4.79 Å². The van der Waals surface area contributed by atoms with E-state index in [-0.39, 0.29) is 12.1 Å². The zero-order chi connectivity index (χ0) is 18.2. The van der Waals surface area contributed by atoms with Crippen molar-refractivity contribution in [3.8, 4) is 6.07 Å². The zero-order valence-electron chi connectivity index (χ0n) is 14.7. The van der Waals surface area contributed by atoms with Gasteiger partial charge in [0.25, 0.3) is 0 Å². The van der Waals surface area contributed by atoms with Crippen LogP contribution in [-0.4, -0.2) is 25.2 Å². The summed E-state index contributed by atoms with van der Waals surface area (Å²) in [6, 6.07) is 19.6. The molecule has 1 saturated heterocycles. The first kappa shape index (κ1) is 18.0. The Morgan fingerprint density at radius 2 is 2.04 bits per heavy atom. The van der Waals surface area contributed by atoms with E-state index in [1.54, 1.807) is 24.3 Å². The summed E-state index contributed by atoms with van der Waals surface area (Å²) in [5.41, 5.74) is 2.53. The van der Waals surface area contributed by atoms with E-state index in [9.17, 15) is 4.79 Å². The van der Waals surface area contributed by atoms with Gasteiger partial charge in [0.1, 0.15) is 0 Å². The van der Waals surface area contributed by atoms with E-state index in [1.807, 2.05) is 6.07 Å². The first-order valence-corrected chi connectivity index (χ1v) is 9.05. The molecule has 5 nitrogen and oxygen atoms in total. The summed E-state index contributed by atoms with van der Waals surface area (Å²) in [5, 5.41) is 18.1. The van der Waals surface area contributed by atoms with Crippen molar-refractivity contribution in [2.45, 2.75) is 25.3 Å². The lowest BCUT2D eigenvalue weighted by atomic mass is 9.87. The highest BCUT2D eigenvalue weighted by Crippen LogP contribution is 2.21. The minimum Gasteiger partial charge on any atom is -0.336 e. The van der Waals surface area contributed by atoms with E-state index in [0.717, 1.165) is 19.4 Å². The predicted octanol–water partition coefficient (Wildman–Crippen LogP) is 3.29. The summed E-state index contributed by atoms with van der Waals surface area (Å²) in [4.78, 5) is 12.1. The van der Waals surface area contributed by atoms with Crippen molar-refractivity contribution in [2.24, 2.45) is 5.92 Å². The van der Waals surface area contributed by atoms with Crippen LogP contribution in [0, 0.1) is 17.2 Å². The van der Waals surface area contributed by atoms with Crippen molar-refractivity contribution in [2.75, 3.05) is 18.4 Å². The van der Waals surface area contributed by atoms with Gasteiger partial charge in [-0.3, -0.25) is 0 Å². The van der Waals surface area contributed by atoms with Crippen LogP contribution < -0.4 is 16.0 Å². The summed E-state index contributed by atoms with van der Waals surface area (Å²) < 4.78 is 0. The van der Waals surface area contributed by atoms with E-state index in [2.05, 4.69) is 46.3 Å². The smallest absolute Gasteiger partial charge is 0.319 e. The van der Waals surface area contributed by atoms with E-state index in [0.29, 0.717) is 23.7 Å². The Labute approximate surface area is 154 Å². The van der Waals surface area contributed by atoms with Gasteiger partial charge in [0.2, 0.25) is 0 Å². The minimum atomic E-state index is -0.243. The molecule has 2 aromatic carbocycles. The number of nitrogens with zero attached hydrogens (tertiary/aromatic N) is 1. The van der Waals surface area contributed by atoms with E-state index in [1.165, 1.54) is 12.0 Å². The fraction of sp³-hybridized carbons (Fsp3) is 0.333. The van der Waals surface area contributed by atoms with Gasteiger partial charge in [0.15, 0.2) is 0 Å². The second-order valence-corrected chi connectivity index (χ2v) is 6.76. The molecule has 1 aliphatic rings. The molecule has 0 aromatic heterocycles. The Morgan fingerprint density at radius 3 is 2.85 bits per heavy atom. The van der Waals surface area contributed by atoms with Crippen LogP contribution in [0.1, 0.15) is 24.0 Å². The predicted molar refractivity (Wildman–Crippen MR) is 103 cm³/mol. The quantitative estimate of drug-likeness (QED) is 0.776. The largest absolute Gasteiger partial charge is 0.336 e. The van der Waals surface area contributed by atoms with Gasteiger partial charge in [0.05, 0.1) is 11.6 Å². The third-order valence-corrected chi connectivity index (χ3v) is 4.73. The Morgan fingerprint density at radius 1 is 1.19 bits per heavy atom. The normalized spacial score (nSPS) is 19.3. The number of nitrogens with one attached hydrogen (secondary N) is 3. The first-order chi connectivity index (χ1) is 12.7. The van der Waals surface area contributed by atoms with Crippen LogP contribution in [0.5, 0.6) is 0 Å². The number of anilines is 1. The molecule has 0 spiro atoms. The van der Waals surface area contributed by atoms with Crippen LogP contribution in [-0.2, 0) is 6.42 Å². The number of benzene rings is 2. The van der Waals surface area contributed by atoms with Gasteiger partial charge in [-0.05, 0) is 55.5 Å². The number of hydrogen-bond donors (Lipinski definition) is 3. The lowest BCUT2D eigenvalue weighted by molar-refractivity contribution is 0.246. The molecule has 2 aromatic rings. The third kappa shape index (κ3) is 5.33. The molecule has 1 fully saturated rings. The van der Waals surface area contributed by atoms with Crippen LogP contribution in [0.25, 0.3) is 0 Å². The highest BCUT2D eigenvalue weighted by Gasteiger charge is 2.22. The molecule has 0 radical (unpaired) electrons. The van der Waals surface area contributed by atoms with Gasteiger partial charge in [-0.2, -0.15) is 5.26 Å². The van der Waals surface area contributed by atoms with Crippen molar-refractivity contribution in [3.63, 3.8) is 0 Å². The van der Waals surface area contributed by atoms with Crippen LogP contribution in [0.2, 0.25) is 0 Å². The summed E-state index contributed by atoms with van der Waals surface area (Å²) in [6.07, 6.45) is 3.31. The molecule has 1 heterocycles. The van der Waals surface area contributed by atoms with E-state index >= 15 is 0 Å². The number of piperidine rings is 1. The van der Waals surface area contributed by atoms with Crippen LogP contribution in [0.4, 0.5) is 10.5 Å². The maximum absolute atomic E-state index is 12.1. The standard InChI is InChI=1S/C21H24N4O/c22-14-18-7-4-8-19(13-18)25-21(26)24-15-20-12-17(9-10-23-20)11-16-5-2-1-3-6-16/h1-8,13,17,20,23H,9-12,15H2,(H2,24,25,26)/t17-,20-/m1/s1. The maximum atomic E-state index is 12.1. The Kier molecular flexibility index (Phi) is 6.24. The van der Waals surface area contributed by atoms with Crippen LogP contribution >= 0.6 is 0 Å². The average molecular weight is 348 g/mol. The zero-order valence-corrected chi connectivity index (χ0v) is 14.7. The number of hydrogen-bond acceptors (Lipinski definition) is 3. The number of carbonyl (C=O) groups excluding carboxylic acids is 1. The van der Waals surface area contributed by atoms with Crippen molar-refractivity contribution in [1.29, 1.82) is 5.26 Å². The topological polar surface area (TPSA) is 77.0 Å². The highest BCUT2D eigenvalue weighted by atomic mass is 16.2. The fourth-order valence-corrected chi connectivity index (χ4v) is 3.44. The van der Waals surface area contributed by atoms with Gasteiger partial charge < -0.3 is 16.0 Å². The van der Waals surface area contributed by atoms with Crippen LogP contribution in [0.15, 0.2) is 54.6 Å². The maximum Gasteiger partial charge on any atom is 0.319 e. The van der Waals surface area contributed by atoms with Crippen molar-refractivity contribution in [3.05, 3.63) is 65.7 Å². The fourth-order valence-electron chi connectivity index (χ4n) is 3.44. The summed E-state index contributed by atoms with van der Waals surface area (Å²) in [5.74, 6) is 0.640. The number of nitriles is 1. The molecule has 3 rings (SSSR count). The lowest BCUT2D eigenvalue weighted by Gasteiger charge is -2.30. The average Bonchev–Trinajstić information content (AvgIpc) is 2.68. The summed E-state index contributed by atoms with van der Waals surface area (Å²) >= 11 is 0. The molecule has 0 unspecified atom stereocenters. The molecule has 0 saturated carbocycles. The number of amides is 2. The minimum absolute atomic E-state index is 0.243. The molecule has 2 atom stereocenters. The van der Waals surface area contributed by atoms with Gasteiger partial charge in [0, 0.05) is 18.3 Å². The Balaban J connectivity index is 1.45. The Hall–Kier alpha value is -2.84. The molecule has 26 heavy (non-hydrogen) atoms. The van der Waals surface area contributed by atoms with Gasteiger partial charge in [-0.25, -0.2) is 4.79 Å². The summed E-state index contributed by atoms with van der Waals surface area (Å²) in [7, 11) is 0. The van der Waals surface area contributed by atoms with E-state index < -0.39 is 0 Å². The second-order valence-electron chi connectivity index (χ2n) is 6.76. The molecular formula is C21H24N4O.